The quantitative estimate of drug-likeness (QED) is 0.818. The van der Waals surface area contributed by atoms with E-state index in [2.05, 4.69) is 12.0 Å². The van der Waals surface area contributed by atoms with Gasteiger partial charge in [-0.05, 0) is 19.1 Å². The van der Waals surface area contributed by atoms with E-state index in [0.717, 1.165) is 6.42 Å². The standard InChI is InChI=1S/C10H12N2O3/c1-7-4-5-11-12(7)6-8-2-3-9(15-8)10(13)14/h2-3,5,7H,4,6H2,1H3,(H,13,14). The van der Waals surface area contributed by atoms with Gasteiger partial charge < -0.3 is 9.52 Å². The van der Waals surface area contributed by atoms with E-state index in [-0.39, 0.29) is 5.76 Å². The lowest BCUT2D eigenvalue weighted by Crippen LogP contribution is -2.22. The second kappa shape index (κ2) is 3.76. The molecule has 0 spiro atoms. The molecule has 0 saturated heterocycles. The zero-order valence-corrected chi connectivity index (χ0v) is 8.38. The SMILES string of the molecule is CC1CC=NN1Cc1ccc(C(=O)O)o1. The Morgan fingerprint density at radius 2 is 2.53 bits per heavy atom. The summed E-state index contributed by atoms with van der Waals surface area (Å²) in [5.41, 5.74) is 0. The molecule has 1 N–H and O–H groups in total. The molecule has 1 atom stereocenters. The van der Waals surface area contributed by atoms with E-state index in [1.165, 1.54) is 6.07 Å². The van der Waals surface area contributed by atoms with Crippen molar-refractivity contribution in [3.8, 4) is 0 Å². The molecule has 1 unspecified atom stereocenters. The molecule has 0 aromatic carbocycles. The molecule has 1 aromatic rings. The molecular formula is C10H12N2O3. The van der Waals surface area contributed by atoms with Crippen molar-refractivity contribution in [2.24, 2.45) is 5.10 Å². The number of furan rings is 1. The van der Waals surface area contributed by atoms with Crippen molar-refractivity contribution in [3.63, 3.8) is 0 Å². The second-order valence-corrected chi connectivity index (χ2v) is 3.55. The molecule has 0 aliphatic carbocycles. The van der Waals surface area contributed by atoms with Crippen molar-refractivity contribution in [3.05, 3.63) is 23.7 Å². The fraction of sp³-hybridized carbons (Fsp3) is 0.400. The molecule has 2 rings (SSSR count). The lowest BCUT2D eigenvalue weighted by molar-refractivity contribution is 0.0658. The minimum Gasteiger partial charge on any atom is -0.475 e. The number of nitrogens with zero attached hydrogens (tertiary/aromatic N) is 2. The van der Waals surface area contributed by atoms with Crippen molar-refractivity contribution in [1.82, 2.24) is 5.01 Å². The topological polar surface area (TPSA) is 66.0 Å². The Hall–Kier alpha value is -1.78. The van der Waals surface area contributed by atoms with Crippen LogP contribution in [0.1, 0.15) is 29.7 Å². The first-order valence-corrected chi connectivity index (χ1v) is 4.78. The Bertz CT molecular complexity index is 397. The minimum absolute atomic E-state index is 0.0270. The van der Waals surface area contributed by atoms with Gasteiger partial charge in [-0.1, -0.05) is 0 Å². The van der Waals surface area contributed by atoms with Crippen LogP contribution in [0.5, 0.6) is 0 Å². The van der Waals surface area contributed by atoms with Gasteiger partial charge in [0.15, 0.2) is 0 Å². The molecule has 15 heavy (non-hydrogen) atoms. The largest absolute Gasteiger partial charge is 0.475 e. The molecule has 0 radical (unpaired) electrons. The summed E-state index contributed by atoms with van der Waals surface area (Å²) in [6.07, 6.45) is 2.78. The van der Waals surface area contributed by atoms with Crippen LogP contribution in [-0.2, 0) is 6.54 Å². The van der Waals surface area contributed by atoms with Crippen LogP contribution in [0.15, 0.2) is 21.7 Å². The van der Waals surface area contributed by atoms with E-state index in [9.17, 15) is 4.79 Å². The average molecular weight is 208 g/mol. The first-order chi connectivity index (χ1) is 7.16. The van der Waals surface area contributed by atoms with E-state index in [1.807, 2.05) is 11.2 Å². The van der Waals surface area contributed by atoms with Crippen LogP contribution in [0.4, 0.5) is 0 Å². The van der Waals surface area contributed by atoms with Gasteiger partial charge in [0.2, 0.25) is 5.76 Å². The summed E-state index contributed by atoms with van der Waals surface area (Å²) in [4.78, 5) is 10.6. The normalized spacial score (nSPS) is 19.8. The third kappa shape index (κ3) is 2.01. The lowest BCUT2D eigenvalue weighted by Gasteiger charge is -2.18. The number of carbonyl (C=O) groups is 1. The monoisotopic (exact) mass is 208 g/mol. The van der Waals surface area contributed by atoms with Crippen LogP contribution in [0, 0.1) is 0 Å². The number of carboxylic acids is 1. The number of hydrogen-bond acceptors (Lipinski definition) is 4. The van der Waals surface area contributed by atoms with Crippen LogP contribution in [0.3, 0.4) is 0 Å². The van der Waals surface area contributed by atoms with Gasteiger partial charge in [-0.2, -0.15) is 5.10 Å². The Morgan fingerprint density at radius 1 is 1.73 bits per heavy atom. The third-order valence-electron chi connectivity index (χ3n) is 2.38. The molecule has 1 aliphatic heterocycles. The highest BCUT2D eigenvalue weighted by atomic mass is 16.4. The Balaban J connectivity index is 2.04. The molecule has 2 heterocycles. The number of rotatable bonds is 3. The van der Waals surface area contributed by atoms with Crippen LogP contribution >= 0.6 is 0 Å². The van der Waals surface area contributed by atoms with Gasteiger partial charge in [0.25, 0.3) is 0 Å². The zero-order valence-electron chi connectivity index (χ0n) is 8.38. The molecule has 0 amide bonds. The van der Waals surface area contributed by atoms with E-state index in [4.69, 9.17) is 9.52 Å². The van der Waals surface area contributed by atoms with Crippen molar-refractivity contribution >= 4 is 12.2 Å². The van der Waals surface area contributed by atoms with Gasteiger partial charge in [-0.3, -0.25) is 5.01 Å². The Labute approximate surface area is 87.0 Å². The predicted molar refractivity (Wildman–Crippen MR) is 53.8 cm³/mol. The second-order valence-electron chi connectivity index (χ2n) is 3.55. The van der Waals surface area contributed by atoms with E-state index >= 15 is 0 Å². The van der Waals surface area contributed by atoms with Crippen molar-refractivity contribution in [1.29, 1.82) is 0 Å². The first-order valence-electron chi connectivity index (χ1n) is 4.78. The first kappa shape index (κ1) is 9.76. The smallest absolute Gasteiger partial charge is 0.371 e. The van der Waals surface area contributed by atoms with Gasteiger partial charge >= 0.3 is 5.97 Å². The summed E-state index contributed by atoms with van der Waals surface area (Å²) in [5.74, 6) is -0.446. The molecule has 1 aromatic heterocycles. The summed E-state index contributed by atoms with van der Waals surface area (Å²) in [7, 11) is 0. The summed E-state index contributed by atoms with van der Waals surface area (Å²) >= 11 is 0. The number of carboxylic acid groups (broad SMARTS) is 1. The number of aromatic carboxylic acids is 1. The lowest BCUT2D eigenvalue weighted by atomic mass is 10.2. The Morgan fingerprint density at radius 3 is 3.07 bits per heavy atom. The number of hydrogen-bond donors (Lipinski definition) is 1. The molecule has 0 fully saturated rings. The molecule has 0 bridgehead atoms. The summed E-state index contributed by atoms with van der Waals surface area (Å²) in [5, 5.41) is 14.7. The molecule has 1 aliphatic rings. The predicted octanol–water partition coefficient (Wildman–Crippen LogP) is 1.56. The van der Waals surface area contributed by atoms with Crippen LogP contribution in [0.25, 0.3) is 0 Å². The maximum absolute atomic E-state index is 10.6. The highest BCUT2D eigenvalue weighted by Gasteiger charge is 2.18. The van der Waals surface area contributed by atoms with Crippen molar-refractivity contribution in [2.75, 3.05) is 0 Å². The van der Waals surface area contributed by atoms with Gasteiger partial charge in [0, 0.05) is 18.7 Å². The van der Waals surface area contributed by atoms with Gasteiger partial charge in [0.05, 0.1) is 6.54 Å². The summed E-state index contributed by atoms with van der Waals surface area (Å²) < 4.78 is 5.14. The minimum atomic E-state index is -1.04. The van der Waals surface area contributed by atoms with Crippen molar-refractivity contribution in [2.45, 2.75) is 25.9 Å². The molecule has 5 heteroatoms. The highest BCUT2D eigenvalue weighted by molar-refractivity contribution is 5.84. The van der Waals surface area contributed by atoms with Crippen LogP contribution < -0.4 is 0 Å². The Kier molecular flexibility index (Phi) is 2.45. The van der Waals surface area contributed by atoms with Gasteiger partial charge in [0.1, 0.15) is 5.76 Å². The number of hydrazone groups is 1. The maximum Gasteiger partial charge on any atom is 0.371 e. The van der Waals surface area contributed by atoms with Crippen molar-refractivity contribution < 1.29 is 14.3 Å². The van der Waals surface area contributed by atoms with E-state index < -0.39 is 5.97 Å². The molecular weight excluding hydrogens is 196 g/mol. The fourth-order valence-electron chi connectivity index (χ4n) is 1.47. The zero-order chi connectivity index (χ0) is 10.8. The molecule has 80 valence electrons. The van der Waals surface area contributed by atoms with Crippen LogP contribution in [-0.4, -0.2) is 28.3 Å². The summed E-state index contributed by atoms with van der Waals surface area (Å²) in [6.45, 7) is 2.58. The molecule has 5 nitrogen and oxygen atoms in total. The maximum atomic E-state index is 10.6. The molecule has 0 saturated carbocycles. The third-order valence-corrected chi connectivity index (χ3v) is 2.38. The van der Waals surface area contributed by atoms with Gasteiger partial charge in [-0.15, -0.1) is 0 Å². The van der Waals surface area contributed by atoms with Crippen LogP contribution in [0.2, 0.25) is 0 Å². The average Bonchev–Trinajstić information content (AvgIpc) is 2.77. The van der Waals surface area contributed by atoms with E-state index in [0.29, 0.717) is 18.3 Å². The van der Waals surface area contributed by atoms with Gasteiger partial charge in [-0.25, -0.2) is 4.79 Å². The summed E-state index contributed by atoms with van der Waals surface area (Å²) in [6, 6.07) is 3.48. The highest BCUT2D eigenvalue weighted by Crippen LogP contribution is 2.16. The van der Waals surface area contributed by atoms with E-state index in [1.54, 1.807) is 6.07 Å². The fourth-order valence-corrected chi connectivity index (χ4v) is 1.47.